The summed E-state index contributed by atoms with van der Waals surface area (Å²) in [7, 11) is 0. The summed E-state index contributed by atoms with van der Waals surface area (Å²) in [6.45, 7) is -8.80. The summed E-state index contributed by atoms with van der Waals surface area (Å²) in [5.41, 5.74) is -14.9. The molecule has 0 aliphatic heterocycles. The Bertz CT molecular complexity index is 886. The van der Waals surface area contributed by atoms with E-state index in [1.165, 1.54) is 0 Å². The number of ether oxygens (including phenoxy) is 1. The molecule has 0 unspecified atom stereocenters. The molecule has 1 rings (SSSR count). The zero-order valence-electron chi connectivity index (χ0n) is 16.7. The second-order valence-electron chi connectivity index (χ2n) is 6.89. The van der Waals surface area contributed by atoms with Crippen LogP contribution in [-0.4, -0.2) is 65.0 Å². The van der Waals surface area contributed by atoms with E-state index in [0.29, 0.717) is 0 Å². The van der Waals surface area contributed by atoms with Crippen molar-refractivity contribution in [2.24, 2.45) is 0 Å². The molecule has 0 heterocycles. The highest BCUT2D eigenvalue weighted by Gasteiger charge is 2.76. The number of hydrogen-bond donors (Lipinski definition) is 0. The first-order valence-corrected chi connectivity index (χ1v) is 8.68. The van der Waals surface area contributed by atoms with E-state index >= 15 is 0 Å². The second kappa shape index (κ2) is 9.75. The van der Waals surface area contributed by atoms with Crippen molar-refractivity contribution in [2.45, 2.75) is 42.6 Å². The summed E-state index contributed by atoms with van der Waals surface area (Å²) in [5.74, 6) is 0. The number of carbonyl (C=O) groups excluding carboxylic acids is 1. The average molecular weight is 560 g/mol. The standard InChI is InChI=1S/C16H10F14N2O4/c17-11(13(19,20)21,14(22,23)24)6-31(7-12(18,15(25,26)27)16(28,29)30)10(33)36-5-8-3-1-2-4-9(8)32(34)35/h1-4H,5-7H2. The minimum absolute atomic E-state index is 0.688. The molecule has 0 aliphatic rings. The lowest BCUT2D eigenvalue weighted by atomic mass is 10.0. The highest BCUT2D eigenvalue weighted by atomic mass is 19.4. The van der Waals surface area contributed by atoms with Crippen molar-refractivity contribution >= 4 is 11.8 Å². The third-order valence-corrected chi connectivity index (χ3v) is 4.41. The Morgan fingerprint density at radius 1 is 0.750 bits per heavy atom. The van der Waals surface area contributed by atoms with Crippen LogP contribution in [0, 0.1) is 10.1 Å². The molecule has 0 fully saturated rings. The molecule has 1 amide bonds. The number of benzene rings is 1. The van der Waals surface area contributed by atoms with Gasteiger partial charge in [-0.05, 0) is 6.07 Å². The first-order chi connectivity index (χ1) is 15.9. The summed E-state index contributed by atoms with van der Waals surface area (Å²) in [6, 6.07) is 3.52. The molecule has 0 aromatic heterocycles. The lowest BCUT2D eigenvalue weighted by Crippen LogP contribution is -2.65. The first kappa shape index (κ1) is 30.9. The van der Waals surface area contributed by atoms with Gasteiger partial charge in [0.05, 0.1) is 23.6 Å². The minimum Gasteiger partial charge on any atom is -0.444 e. The molecule has 0 atom stereocenters. The SMILES string of the molecule is O=C(OCc1ccccc1[N+](=O)[O-])N(CC(F)(C(F)(F)F)C(F)(F)F)CC(F)(C(F)(F)F)C(F)(F)F. The topological polar surface area (TPSA) is 72.7 Å². The maximum absolute atomic E-state index is 14.0. The van der Waals surface area contributed by atoms with Crippen LogP contribution in [0.3, 0.4) is 0 Å². The fourth-order valence-electron chi connectivity index (χ4n) is 2.43. The van der Waals surface area contributed by atoms with Crippen LogP contribution in [0.5, 0.6) is 0 Å². The third-order valence-electron chi connectivity index (χ3n) is 4.41. The molecule has 1 aromatic carbocycles. The largest absolute Gasteiger partial charge is 0.444 e. The van der Waals surface area contributed by atoms with Gasteiger partial charge in [0.1, 0.15) is 6.61 Å². The molecule has 0 radical (unpaired) electrons. The van der Waals surface area contributed by atoms with Crippen LogP contribution in [0.15, 0.2) is 24.3 Å². The Morgan fingerprint density at radius 3 is 1.44 bits per heavy atom. The Hall–Kier alpha value is -3.09. The van der Waals surface area contributed by atoms with Gasteiger partial charge in [0, 0.05) is 6.07 Å². The number of amides is 1. The van der Waals surface area contributed by atoms with E-state index in [1.807, 2.05) is 0 Å². The summed E-state index contributed by atoms with van der Waals surface area (Å²) in [4.78, 5) is 19.9. The number of carbonyl (C=O) groups is 1. The molecule has 36 heavy (non-hydrogen) atoms. The molecule has 0 saturated heterocycles. The van der Waals surface area contributed by atoms with Crippen molar-refractivity contribution in [3.8, 4) is 0 Å². The quantitative estimate of drug-likeness (QED) is 0.226. The highest BCUT2D eigenvalue weighted by molar-refractivity contribution is 5.68. The molecule has 206 valence electrons. The summed E-state index contributed by atoms with van der Waals surface area (Å²) >= 11 is 0. The molecule has 0 aliphatic carbocycles. The molecule has 1 aromatic rings. The van der Waals surface area contributed by atoms with Crippen molar-refractivity contribution in [1.29, 1.82) is 0 Å². The number of hydrogen-bond acceptors (Lipinski definition) is 4. The van der Waals surface area contributed by atoms with Crippen LogP contribution in [0.2, 0.25) is 0 Å². The number of halogens is 14. The molecule has 0 saturated carbocycles. The molecule has 0 spiro atoms. The van der Waals surface area contributed by atoms with Gasteiger partial charge in [-0.3, -0.25) is 10.1 Å². The van der Waals surface area contributed by atoms with Gasteiger partial charge in [-0.2, -0.15) is 52.7 Å². The van der Waals surface area contributed by atoms with Crippen molar-refractivity contribution in [2.75, 3.05) is 13.1 Å². The van der Waals surface area contributed by atoms with Gasteiger partial charge >= 0.3 is 42.1 Å². The van der Waals surface area contributed by atoms with E-state index in [9.17, 15) is 76.4 Å². The lowest BCUT2D eigenvalue weighted by molar-refractivity contribution is -0.385. The molecule has 0 bridgehead atoms. The predicted molar refractivity (Wildman–Crippen MR) is 86.8 cm³/mol. The van der Waals surface area contributed by atoms with Gasteiger partial charge in [0.15, 0.2) is 0 Å². The van der Waals surface area contributed by atoms with Crippen molar-refractivity contribution in [1.82, 2.24) is 4.90 Å². The van der Waals surface area contributed by atoms with Crippen molar-refractivity contribution in [3.05, 3.63) is 39.9 Å². The van der Waals surface area contributed by atoms with Crippen LogP contribution >= 0.6 is 0 Å². The first-order valence-electron chi connectivity index (χ1n) is 8.68. The predicted octanol–water partition coefficient (Wildman–Crippen LogP) is 6.20. The number of para-hydroxylation sites is 1. The van der Waals surface area contributed by atoms with Gasteiger partial charge in [-0.1, -0.05) is 12.1 Å². The van der Waals surface area contributed by atoms with Gasteiger partial charge < -0.3 is 9.64 Å². The molecule has 20 heteroatoms. The maximum Gasteiger partial charge on any atom is 0.433 e. The summed E-state index contributed by atoms with van der Waals surface area (Å²) in [5, 5.41) is 10.9. The Morgan fingerprint density at radius 2 is 1.11 bits per heavy atom. The van der Waals surface area contributed by atoms with Crippen molar-refractivity contribution in [3.63, 3.8) is 0 Å². The van der Waals surface area contributed by atoms with Crippen LogP contribution in [0.25, 0.3) is 0 Å². The van der Waals surface area contributed by atoms with Gasteiger partial charge in [0.2, 0.25) is 0 Å². The van der Waals surface area contributed by atoms with E-state index in [1.54, 1.807) is 0 Å². The molecular formula is C16H10F14N2O4. The van der Waals surface area contributed by atoms with Crippen molar-refractivity contribution < 1.29 is 75.9 Å². The average Bonchev–Trinajstić information content (AvgIpc) is 2.68. The van der Waals surface area contributed by atoms with Gasteiger partial charge in [-0.25, -0.2) is 13.6 Å². The van der Waals surface area contributed by atoms with Gasteiger partial charge in [-0.15, -0.1) is 0 Å². The van der Waals surface area contributed by atoms with Crippen LogP contribution < -0.4 is 0 Å². The third kappa shape index (κ3) is 6.18. The lowest BCUT2D eigenvalue weighted by Gasteiger charge is -2.38. The monoisotopic (exact) mass is 560 g/mol. The summed E-state index contributed by atoms with van der Waals surface area (Å²) < 4.78 is 186. The van der Waals surface area contributed by atoms with E-state index in [0.717, 1.165) is 24.3 Å². The fourth-order valence-corrected chi connectivity index (χ4v) is 2.43. The van der Waals surface area contributed by atoms with E-state index in [2.05, 4.69) is 4.74 Å². The molecule has 0 N–H and O–H groups in total. The van der Waals surface area contributed by atoms with Crippen LogP contribution in [0.1, 0.15) is 5.56 Å². The van der Waals surface area contributed by atoms with Crippen LogP contribution in [-0.2, 0) is 11.3 Å². The Kier molecular flexibility index (Phi) is 8.38. The number of nitro benzene ring substituents is 1. The smallest absolute Gasteiger partial charge is 0.433 e. The van der Waals surface area contributed by atoms with E-state index < -0.39 is 82.9 Å². The maximum atomic E-state index is 14.0. The zero-order valence-corrected chi connectivity index (χ0v) is 16.7. The van der Waals surface area contributed by atoms with E-state index in [-0.39, 0.29) is 0 Å². The zero-order chi connectivity index (χ0) is 28.5. The normalized spacial score (nSPS) is 13.9. The second-order valence-corrected chi connectivity index (χ2v) is 6.89. The molecular weight excluding hydrogens is 550 g/mol. The highest BCUT2D eigenvalue weighted by Crippen LogP contribution is 2.49. The Balaban J connectivity index is 3.54. The number of rotatable bonds is 7. The van der Waals surface area contributed by atoms with Gasteiger partial charge in [0.25, 0.3) is 5.69 Å². The number of nitro groups is 1. The number of alkyl halides is 14. The fraction of sp³-hybridized carbons (Fsp3) is 0.562. The summed E-state index contributed by atoms with van der Waals surface area (Å²) in [6.07, 6.45) is -31.2. The number of nitrogens with zero attached hydrogens (tertiary/aromatic N) is 2. The van der Waals surface area contributed by atoms with Crippen LogP contribution in [0.4, 0.5) is 71.9 Å². The minimum atomic E-state index is -7.07. The van der Waals surface area contributed by atoms with E-state index in [4.69, 9.17) is 0 Å². The molecule has 6 nitrogen and oxygen atoms in total. The Labute approximate surface area is 189 Å².